The van der Waals surface area contributed by atoms with Crippen LogP contribution in [0.5, 0.6) is 0 Å². The van der Waals surface area contributed by atoms with Crippen molar-refractivity contribution in [2.45, 2.75) is 233 Å². The van der Waals surface area contributed by atoms with Crippen LogP contribution >= 0.6 is 0 Å². The zero-order valence-electron chi connectivity index (χ0n) is 56.5. The van der Waals surface area contributed by atoms with E-state index in [1.807, 2.05) is 6.92 Å². The fraction of sp³-hybridized carbons (Fsp3) is 0.927. The predicted octanol–water partition coefficient (Wildman–Crippen LogP) is 10.4. The van der Waals surface area contributed by atoms with Crippen LogP contribution < -0.4 is 31.9 Å². The van der Waals surface area contributed by atoms with Crippen molar-refractivity contribution in [2.75, 3.05) is 73.2 Å². The second kappa shape index (κ2) is 34.1. The van der Waals surface area contributed by atoms with Gasteiger partial charge in [-0.3, -0.25) is 9.59 Å². The molecule has 2 aliphatic carbocycles. The lowest BCUT2D eigenvalue weighted by atomic mass is 9.70. The Morgan fingerprint density at radius 3 is 1.13 bits per heavy atom. The molecule has 0 heterocycles. The lowest BCUT2D eigenvalue weighted by Gasteiger charge is -2.43. The third-order valence-electron chi connectivity index (χ3n) is 13.7. The summed E-state index contributed by atoms with van der Waals surface area (Å²) < 4.78 is 66.4. The molecule has 2 aliphatic rings. The van der Waals surface area contributed by atoms with Gasteiger partial charge in [0, 0.05) is 64.2 Å². The molecule has 0 aliphatic heterocycles. The molecule has 7 unspecified atom stereocenters. The van der Waals surface area contributed by atoms with Gasteiger partial charge in [0.1, 0.15) is 12.2 Å². The van der Waals surface area contributed by atoms with Crippen LogP contribution in [-0.2, 0) is 53.2 Å². The van der Waals surface area contributed by atoms with Crippen LogP contribution in [0.2, 0.25) is 130 Å². The molecule has 7 atom stereocenters. The molecule has 2 rings (SSSR count). The first kappa shape index (κ1) is 77.9. The molecular formula is C55H122N6O14Si8. The van der Waals surface area contributed by atoms with E-state index in [0.29, 0.717) is 64.2 Å². The second-order valence-corrected chi connectivity index (χ2v) is 64.1. The van der Waals surface area contributed by atoms with E-state index in [2.05, 4.69) is 164 Å². The molecule has 0 aromatic heterocycles. The Morgan fingerprint density at radius 2 is 0.819 bits per heavy atom. The van der Waals surface area contributed by atoms with Gasteiger partial charge in [0.15, 0.2) is 49.9 Å². The van der Waals surface area contributed by atoms with E-state index < -0.39 is 98.0 Å². The minimum absolute atomic E-state index is 0.0357. The van der Waals surface area contributed by atoms with Crippen LogP contribution in [0.1, 0.15) is 85.0 Å². The summed E-state index contributed by atoms with van der Waals surface area (Å²) >= 11 is 0. The van der Waals surface area contributed by atoms with E-state index in [1.165, 1.54) is 0 Å². The number of hydrogen-bond acceptors (Lipinski definition) is 16. The summed E-state index contributed by atoms with van der Waals surface area (Å²) in [7, 11) is -15.1. The zero-order valence-corrected chi connectivity index (χ0v) is 64.5. The number of carbonyl (C=O) groups is 4. The first-order valence-corrected chi connectivity index (χ1v) is 55.3. The fourth-order valence-corrected chi connectivity index (χ4v) is 40.2. The van der Waals surface area contributed by atoms with E-state index in [1.54, 1.807) is 14.1 Å². The monoisotopic (exact) mass is 1310 g/mol. The summed E-state index contributed by atoms with van der Waals surface area (Å²) in [5.74, 6) is -0.115. The Kier molecular flexibility index (Phi) is 32.0. The first-order valence-electron chi connectivity index (χ1n) is 31.0. The Labute approximate surface area is 512 Å². The van der Waals surface area contributed by atoms with Crippen molar-refractivity contribution in [3.05, 3.63) is 0 Å². The summed E-state index contributed by atoms with van der Waals surface area (Å²) in [6.45, 7) is 48.5. The topological polar surface area (TPSA) is 233 Å². The SMILES string of the molecule is CNC(=O)C1CCCC(C)(CNC(=O)OC(CNCCC[Si](O[Si](C)(C)C)(O[Si](C)(C)C)O[Si](C)(C)C)COCC(C)OCC(CNCCC[Si](O[Si](C)(C)C)(O[Si](C)(C)C)O[Si](C)(C)C)OC(=O)NCC2(C)CCCC(C(=O)NC)C2)C1. The van der Waals surface area contributed by atoms with Crippen LogP contribution in [0, 0.1) is 22.7 Å². The minimum atomic E-state index is -3.05. The number of hydrogen-bond donors (Lipinski definition) is 6. The Morgan fingerprint density at radius 1 is 0.494 bits per heavy atom. The molecular weight excluding hydrogens is 1190 g/mol. The predicted molar refractivity (Wildman–Crippen MR) is 354 cm³/mol. The maximum absolute atomic E-state index is 13.6. The van der Waals surface area contributed by atoms with Gasteiger partial charge < -0.3 is 75.5 Å². The molecule has 20 nitrogen and oxygen atoms in total. The number of amides is 4. The molecule has 0 aromatic rings. The van der Waals surface area contributed by atoms with Crippen molar-refractivity contribution in [1.29, 1.82) is 0 Å². The van der Waals surface area contributed by atoms with Gasteiger partial charge in [0.05, 0.1) is 25.9 Å². The van der Waals surface area contributed by atoms with Crippen molar-refractivity contribution in [3.63, 3.8) is 0 Å². The van der Waals surface area contributed by atoms with Crippen LogP contribution in [0.3, 0.4) is 0 Å². The van der Waals surface area contributed by atoms with Crippen molar-refractivity contribution in [3.8, 4) is 0 Å². The van der Waals surface area contributed by atoms with Gasteiger partial charge in [-0.2, -0.15) is 0 Å². The highest BCUT2D eigenvalue weighted by molar-refractivity contribution is 6.91. The van der Waals surface area contributed by atoms with Gasteiger partial charge in [0.25, 0.3) is 0 Å². The highest BCUT2D eigenvalue weighted by atomic mass is 28.5. The molecule has 488 valence electrons. The first-order chi connectivity index (χ1) is 37.9. The van der Waals surface area contributed by atoms with E-state index in [0.717, 1.165) is 51.4 Å². The normalized spacial score (nSPS) is 21.8. The van der Waals surface area contributed by atoms with E-state index in [4.69, 9.17) is 43.6 Å². The molecule has 28 heteroatoms. The van der Waals surface area contributed by atoms with Crippen molar-refractivity contribution in [1.82, 2.24) is 31.9 Å². The Bertz CT molecular complexity index is 1890. The van der Waals surface area contributed by atoms with E-state index in [9.17, 15) is 19.2 Å². The van der Waals surface area contributed by atoms with Gasteiger partial charge in [-0.05, 0) is 200 Å². The van der Waals surface area contributed by atoms with Gasteiger partial charge >= 0.3 is 29.8 Å². The highest BCUT2D eigenvalue weighted by Gasteiger charge is 2.51. The zero-order chi connectivity index (χ0) is 63.4. The van der Waals surface area contributed by atoms with Gasteiger partial charge in [0.2, 0.25) is 11.8 Å². The lowest BCUT2D eigenvalue weighted by Crippen LogP contribution is -2.60. The summed E-state index contributed by atoms with van der Waals surface area (Å²) in [6, 6.07) is 1.34. The van der Waals surface area contributed by atoms with E-state index in [-0.39, 0.29) is 54.3 Å². The van der Waals surface area contributed by atoms with Gasteiger partial charge in [-0.1, -0.05) is 26.7 Å². The molecule has 0 radical (unpaired) electrons. The third-order valence-corrected chi connectivity index (χ3v) is 37.7. The molecule has 6 N–H and O–H groups in total. The lowest BCUT2D eigenvalue weighted by molar-refractivity contribution is -0.127. The average Bonchev–Trinajstić information content (AvgIpc) is 3.46. The number of ether oxygens (including phenoxy) is 4. The molecule has 0 aromatic carbocycles. The van der Waals surface area contributed by atoms with Gasteiger partial charge in [-0.15, -0.1) is 0 Å². The van der Waals surface area contributed by atoms with Crippen LogP contribution in [0.25, 0.3) is 0 Å². The Hall–Kier alpha value is -1.18. The van der Waals surface area contributed by atoms with Crippen LogP contribution in [0.15, 0.2) is 0 Å². The van der Waals surface area contributed by atoms with Gasteiger partial charge in [-0.25, -0.2) is 9.59 Å². The van der Waals surface area contributed by atoms with Crippen molar-refractivity contribution < 1.29 is 62.8 Å². The number of nitrogens with one attached hydrogen (secondary N) is 6. The number of rotatable bonds is 39. The summed E-state index contributed by atoms with van der Waals surface area (Å²) in [4.78, 5) is 52.4. The second-order valence-electron chi connectivity index (χ2n) is 30.1. The number of alkyl carbamates (subject to hydrolysis) is 2. The molecule has 83 heavy (non-hydrogen) atoms. The van der Waals surface area contributed by atoms with Crippen molar-refractivity contribution >= 4 is 91.5 Å². The molecule has 0 saturated heterocycles. The molecule has 0 spiro atoms. The molecule has 4 amide bonds. The Balaban J connectivity index is 2.26. The summed E-state index contributed by atoms with van der Waals surface area (Å²) in [5.41, 5.74) is -0.503. The maximum Gasteiger partial charge on any atom is 0.469 e. The fourth-order valence-electron chi connectivity index (χ4n) is 10.9. The maximum atomic E-state index is 13.6. The smallest absolute Gasteiger partial charge is 0.442 e. The molecule has 2 fully saturated rings. The third kappa shape index (κ3) is 35.0. The quantitative estimate of drug-likeness (QED) is 0.0248. The molecule has 0 bridgehead atoms. The van der Waals surface area contributed by atoms with E-state index >= 15 is 0 Å². The average molecular weight is 1320 g/mol. The highest BCUT2D eigenvalue weighted by Crippen LogP contribution is 2.40. The summed E-state index contributed by atoms with van der Waals surface area (Å²) in [6.07, 6.45) is 5.29. The largest absolute Gasteiger partial charge is 0.469 e. The minimum Gasteiger partial charge on any atom is -0.442 e. The number of carbonyl (C=O) groups excluding carboxylic acids is 4. The molecule has 2 saturated carbocycles. The van der Waals surface area contributed by atoms with Crippen LogP contribution in [-0.4, -0.2) is 183 Å². The standard InChI is InChI=1S/C55H122N6O14Si8/c1-45(67-42-49(69-53(65)61-44-55(3)31-25-29-47(37-55)51(63)57-5)39-59-33-27-35-83(73-79(15,16)17,74-80(18,19)20)75-81(21,22)23)40-66-41-48(68-52(64)60-43-54(2)30-24-28-46(36-54)50(62)56-4)38-58-32-26-34-82(70-76(6,7)8,71-77(9,10)11)72-78(12,13)14/h45-49,58-59H,24-44H2,1-23H3,(H,56,62)(H,57,63)(H,60,64)(H,61,65). The summed E-state index contributed by atoms with van der Waals surface area (Å²) in [5, 5.41) is 18.7. The van der Waals surface area contributed by atoms with Crippen molar-refractivity contribution in [2.24, 2.45) is 22.7 Å². The van der Waals surface area contributed by atoms with Crippen LogP contribution in [0.4, 0.5) is 9.59 Å².